The lowest BCUT2D eigenvalue weighted by atomic mass is 9.85. The van der Waals surface area contributed by atoms with Crippen LogP contribution in [0, 0.1) is 13.8 Å². The maximum Gasteiger partial charge on any atom is 0.160 e. The van der Waals surface area contributed by atoms with Crippen LogP contribution in [0.3, 0.4) is 0 Å². The highest BCUT2D eigenvalue weighted by Gasteiger charge is 2.21. The molecule has 470 valence electrons. The smallest absolute Gasteiger partial charge is 0.160 e. The number of hydrogen-bond acceptors (Lipinski definition) is 6. The molecule has 2 aliphatic rings. The highest BCUT2D eigenvalue weighted by molar-refractivity contribution is 6.31. The molecule has 86 heavy (non-hydrogen) atoms. The fourth-order valence-electron chi connectivity index (χ4n) is 9.05. The van der Waals surface area contributed by atoms with Gasteiger partial charge in [0.05, 0.1) is 20.3 Å². The molecule has 1 aromatic heterocycles. The number of methoxy groups -OCH3 is 1. The van der Waals surface area contributed by atoms with E-state index in [0.29, 0.717) is 11.0 Å². The standard InChI is InChI=1S/C13H18O.C13H20O.C12H16O.C11H15Cl.C11H16O2.C10H14.C9H13N/c1-13(2,3)11-6-7-12-10(9-11)5-4-8-14-12;1-6-10-9-11(13(2,3)4)7-8-12(10)14-5;1-12(2,3)10-4-5-11-9(8-10)6-7-13-11;1-8-7-9(11(2,3)4)5-6-10(8)12;1-7-5-8(11(2,3)4)6-9(12)10(7)13;1-10(2,3)9-7-5-4-6-8-9;1-9(2,3)8-5-4-6-10-7-8/h6-7,9H,4-5,8H2,1-3H3;7-9H,6H2,1-5H3;4-5,8H,6-7H2,1-3H3;5-7H,1-4H3;5-6,12-13H,1-4H3;4-8H,1-3H3;4-7H,1-3H3. The molecular weight excluding hydrogens is 1080 g/mol. The zero-order chi connectivity index (χ0) is 65.2. The lowest BCUT2D eigenvalue weighted by Crippen LogP contribution is -2.14. The molecule has 6 nitrogen and oxygen atoms in total. The van der Waals surface area contributed by atoms with Crippen molar-refractivity contribution < 1.29 is 24.4 Å². The highest BCUT2D eigenvalue weighted by Crippen LogP contribution is 2.36. The Labute approximate surface area is 528 Å². The topological polar surface area (TPSA) is 81.0 Å². The molecule has 2 N–H and O–H groups in total. The van der Waals surface area contributed by atoms with Gasteiger partial charge in [0.2, 0.25) is 0 Å². The molecule has 3 heterocycles. The van der Waals surface area contributed by atoms with E-state index < -0.39 is 0 Å². The fourth-order valence-corrected chi connectivity index (χ4v) is 9.17. The Kier molecular flexibility index (Phi) is 27.2. The molecule has 0 unspecified atom stereocenters. The summed E-state index contributed by atoms with van der Waals surface area (Å²) in [4.78, 5) is 4.05. The molecule has 0 saturated heterocycles. The fraction of sp³-hybridized carbons (Fsp3) is 0.481. The van der Waals surface area contributed by atoms with E-state index in [9.17, 15) is 10.2 Å². The van der Waals surface area contributed by atoms with Crippen molar-refractivity contribution >= 4 is 11.6 Å². The lowest BCUT2D eigenvalue weighted by molar-refractivity contribution is 0.288. The summed E-state index contributed by atoms with van der Waals surface area (Å²) in [6.45, 7) is 53.9. The number of aromatic nitrogens is 1. The van der Waals surface area contributed by atoms with Crippen molar-refractivity contribution in [3.8, 4) is 28.7 Å². The normalized spacial score (nSPS) is 12.9. The number of benzene rings is 6. The number of halogens is 1. The van der Waals surface area contributed by atoms with Gasteiger partial charge in [-0.25, -0.2) is 0 Å². The maximum atomic E-state index is 9.39. The van der Waals surface area contributed by atoms with E-state index in [4.69, 9.17) is 25.8 Å². The Hall–Kier alpha value is -6.24. The van der Waals surface area contributed by atoms with Crippen LogP contribution in [0.1, 0.15) is 226 Å². The highest BCUT2D eigenvalue weighted by atomic mass is 35.5. The van der Waals surface area contributed by atoms with E-state index in [1.165, 1.54) is 56.5 Å². The molecule has 0 atom stereocenters. The number of aryl methyl sites for hydroxylation is 4. The van der Waals surface area contributed by atoms with E-state index >= 15 is 0 Å². The molecule has 0 radical (unpaired) electrons. The van der Waals surface area contributed by atoms with Gasteiger partial charge in [-0.15, -0.1) is 0 Å². The summed E-state index contributed by atoms with van der Waals surface area (Å²) in [7, 11) is 1.73. The van der Waals surface area contributed by atoms with Crippen LogP contribution in [0.5, 0.6) is 28.7 Å². The van der Waals surface area contributed by atoms with E-state index in [0.717, 1.165) is 65.9 Å². The number of rotatable bonds is 2. The quantitative estimate of drug-likeness (QED) is 0.168. The van der Waals surface area contributed by atoms with E-state index in [1.807, 2.05) is 31.3 Å². The molecule has 2 aliphatic heterocycles. The average Bonchev–Trinajstić information content (AvgIpc) is 4.10. The first-order valence-electron chi connectivity index (χ1n) is 31.0. The number of aromatic hydroxyl groups is 2. The predicted octanol–water partition coefficient (Wildman–Crippen LogP) is 21.8. The van der Waals surface area contributed by atoms with Gasteiger partial charge >= 0.3 is 0 Å². The number of fused-ring (bicyclic) bond motifs is 2. The first-order chi connectivity index (χ1) is 39.6. The van der Waals surface area contributed by atoms with Gasteiger partial charge in [-0.3, -0.25) is 4.98 Å². The van der Waals surface area contributed by atoms with Gasteiger partial charge in [0.25, 0.3) is 0 Å². The molecule has 0 saturated carbocycles. The van der Waals surface area contributed by atoms with Gasteiger partial charge in [-0.05, 0) is 174 Å². The second-order valence-electron chi connectivity index (χ2n) is 30.1. The summed E-state index contributed by atoms with van der Waals surface area (Å²) in [5.41, 5.74) is 16.6. The zero-order valence-electron chi connectivity index (χ0n) is 58.0. The van der Waals surface area contributed by atoms with Crippen molar-refractivity contribution in [3.05, 3.63) is 212 Å². The summed E-state index contributed by atoms with van der Waals surface area (Å²) < 4.78 is 16.4. The third-order valence-electron chi connectivity index (χ3n) is 15.2. The minimum Gasteiger partial charge on any atom is -0.504 e. The summed E-state index contributed by atoms with van der Waals surface area (Å²) in [6.07, 6.45) is 8.13. The third-order valence-corrected chi connectivity index (χ3v) is 15.6. The molecule has 0 bridgehead atoms. The van der Waals surface area contributed by atoms with Gasteiger partial charge < -0.3 is 24.4 Å². The van der Waals surface area contributed by atoms with Gasteiger partial charge in [-0.1, -0.05) is 255 Å². The van der Waals surface area contributed by atoms with Gasteiger partial charge in [0.1, 0.15) is 17.2 Å². The van der Waals surface area contributed by atoms with Crippen molar-refractivity contribution in [1.82, 2.24) is 4.98 Å². The molecule has 0 spiro atoms. The van der Waals surface area contributed by atoms with Crippen LogP contribution in [-0.4, -0.2) is 35.5 Å². The van der Waals surface area contributed by atoms with Crippen LogP contribution in [0.15, 0.2) is 140 Å². The summed E-state index contributed by atoms with van der Waals surface area (Å²) in [6, 6.07) is 44.0. The Morgan fingerprint density at radius 1 is 0.453 bits per heavy atom. The predicted molar refractivity (Wildman–Crippen MR) is 371 cm³/mol. The molecule has 7 heteroatoms. The van der Waals surface area contributed by atoms with Gasteiger partial charge in [-0.2, -0.15) is 0 Å². The second-order valence-corrected chi connectivity index (χ2v) is 30.5. The molecule has 9 rings (SSSR count). The van der Waals surface area contributed by atoms with Crippen molar-refractivity contribution in [2.24, 2.45) is 0 Å². The van der Waals surface area contributed by atoms with Crippen LogP contribution in [0.2, 0.25) is 5.02 Å². The van der Waals surface area contributed by atoms with Crippen LogP contribution in [-0.2, 0) is 57.2 Å². The first kappa shape index (κ1) is 74.0. The van der Waals surface area contributed by atoms with Crippen molar-refractivity contribution in [1.29, 1.82) is 0 Å². The molecule has 0 aliphatic carbocycles. The Balaban J connectivity index is 0.000000264. The number of phenols is 2. The van der Waals surface area contributed by atoms with E-state index in [1.54, 1.807) is 26.3 Å². The average molecular weight is 1190 g/mol. The largest absolute Gasteiger partial charge is 0.504 e. The molecule has 0 amide bonds. The Morgan fingerprint density at radius 2 is 0.884 bits per heavy atom. The van der Waals surface area contributed by atoms with Crippen molar-refractivity contribution in [2.75, 3.05) is 20.3 Å². The number of ether oxygens (including phenoxy) is 3. The lowest BCUT2D eigenvalue weighted by Gasteiger charge is -2.23. The van der Waals surface area contributed by atoms with E-state index in [2.05, 4.69) is 260 Å². The Morgan fingerprint density at radius 3 is 1.30 bits per heavy atom. The number of pyridine rings is 1. The SMILES string of the molecule is CC(C)(C)c1ccc2c(c1)CCCO2.CC(C)(C)c1ccc2c(c1)CCO2.CC(C)(C)c1ccccc1.CC(C)(C)c1cccnc1.CCc1cc(C(C)(C)C)ccc1OC.Cc1cc(C(C)(C)C)cc(O)c1O.Cc1cc(C(C)(C)C)ccc1Cl. The van der Waals surface area contributed by atoms with Crippen LogP contribution >= 0.6 is 11.6 Å². The van der Waals surface area contributed by atoms with Crippen molar-refractivity contribution in [2.45, 2.75) is 230 Å². The second kappa shape index (κ2) is 31.6. The Bertz CT molecular complexity index is 3040. The van der Waals surface area contributed by atoms with E-state index in [-0.39, 0.29) is 44.0 Å². The van der Waals surface area contributed by atoms with Gasteiger partial charge in [0.15, 0.2) is 11.5 Å². The number of phenolic OH excluding ortho intramolecular Hbond substituents is 2. The molecule has 0 fully saturated rings. The van der Waals surface area contributed by atoms with Gasteiger partial charge in [0, 0.05) is 23.8 Å². The first-order valence-corrected chi connectivity index (χ1v) is 31.4. The number of nitrogens with zero attached hydrogens (tertiary/aromatic N) is 1. The summed E-state index contributed by atoms with van der Waals surface area (Å²) >= 11 is 5.93. The van der Waals surface area contributed by atoms with Crippen LogP contribution < -0.4 is 14.2 Å². The third kappa shape index (κ3) is 24.5. The molecule has 7 aromatic rings. The monoisotopic (exact) mass is 1190 g/mol. The summed E-state index contributed by atoms with van der Waals surface area (Å²) in [5, 5.41) is 19.6. The maximum absolute atomic E-state index is 9.39. The summed E-state index contributed by atoms with van der Waals surface area (Å²) in [5.74, 6) is 3.11. The minimum absolute atomic E-state index is 0.00403. The van der Waals surface area contributed by atoms with Crippen molar-refractivity contribution in [3.63, 3.8) is 0 Å². The number of hydrogen-bond donors (Lipinski definition) is 2. The van der Waals surface area contributed by atoms with Crippen LogP contribution in [0.25, 0.3) is 0 Å². The minimum atomic E-state index is -0.0371. The van der Waals surface area contributed by atoms with Crippen LogP contribution in [0.4, 0.5) is 0 Å². The zero-order valence-corrected chi connectivity index (χ0v) is 58.7. The molecular formula is C79H112ClNO5. The molecule has 6 aromatic carbocycles.